The first-order valence-corrected chi connectivity index (χ1v) is 7.91. The maximum atomic E-state index is 12.4. The van der Waals surface area contributed by atoms with Crippen LogP contribution in [0.3, 0.4) is 0 Å². The van der Waals surface area contributed by atoms with E-state index in [2.05, 4.69) is 4.98 Å². The van der Waals surface area contributed by atoms with Crippen molar-refractivity contribution in [1.29, 1.82) is 0 Å². The fourth-order valence-electron chi connectivity index (χ4n) is 2.16. The van der Waals surface area contributed by atoms with Crippen LogP contribution in [0.1, 0.15) is 0 Å². The molecule has 0 atom stereocenters. The van der Waals surface area contributed by atoms with E-state index in [9.17, 15) is 4.79 Å². The Morgan fingerprint density at radius 1 is 1.09 bits per heavy atom. The Morgan fingerprint density at radius 2 is 1.83 bits per heavy atom. The zero-order valence-corrected chi connectivity index (χ0v) is 14.1. The first kappa shape index (κ1) is 16.1. The highest BCUT2D eigenvalue weighted by atomic mass is 35.5. The van der Waals surface area contributed by atoms with E-state index in [0.717, 1.165) is 0 Å². The molecule has 0 aliphatic carbocycles. The molecule has 4 nitrogen and oxygen atoms in total. The molecule has 23 heavy (non-hydrogen) atoms. The first-order valence-electron chi connectivity index (χ1n) is 6.78. The lowest BCUT2D eigenvalue weighted by Crippen LogP contribution is -2.23. The third-order valence-corrected chi connectivity index (χ3v) is 4.11. The predicted molar refractivity (Wildman–Crippen MR) is 93.0 cm³/mol. The number of fused-ring (bicyclic) bond motifs is 1. The van der Waals surface area contributed by atoms with Gasteiger partial charge in [-0.3, -0.25) is 9.36 Å². The summed E-state index contributed by atoms with van der Waals surface area (Å²) in [7, 11) is 0. The maximum Gasteiger partial charge on any atom is 0.261 e. The van der Waals surface area contributed by atoms with Gasteiger partial charge in [-0.15, -0.1) is 0 Å². The van der Waals surface area contributed by atoms with Crippen LogP contribution in [0.5, 0.6) is 5.75 Å². The number of halogens is 3. The third kappa shape index (κ3) is 3.44. The number of para-hydroxylation sites is 1. The number of ether oxygens (including phenoxy) is 1. The summed E-state index contributed by atoms with van der Waals surface area (Å²) in [6.07, 6.45) is 1.48. The Morgan fingerprint density at radius 3 is 2.57 bits per heavy atom. The quantitative estimate of drug-likeness (QED) is 0.683. The van der Waals surface area contributed by atoms with E-state index < -0.39 is 0 Å². The third-order valence-electron chi connectivity index (χ3n) is 3.28. The summed E-state index contributed by atoms with van der Waals surface area (Å²) in [5.41, 5.74) is 0.428. The SMILES string of the molecule is O=c1c2cc(Cl)ccc2ncn1CCOc1c(Cl)cccc1Cl. The van der Waals surface area contributed by atoms with Crippen molar-refractivity contribution >= 4 is 45.7 Å². The molecule has 0 saturated heterocycles. The molecule has 1 aromatic heterocycles. The molecule has 0 aliphatic rings. The molecule has 3 aromatic rings. The predicted octanol–water partition coefficient (Wildman–Crippen LogP) is 4.44. The fraction of sp³-hybridized carbons (Fsp3) is 0.125. The second-order valence-electron chi connectivity index (χ2n) is 4.80. The molecule has 0 unspecified atom stereocenters. The first-order chi connectivity index (χ1) is 11.1. The van der Waals surface area contributed by atoms with Gasteiger partial charge in [-0.2, -0.15) is 0 Å². The summed E-state index contributed by atoms with van der Waals surface area (Å²) in [6.45, 7) is 0.549. The van der Waals surface area contributed by atoms with Gasteiger partial charge < -0.3 is 4.74 Å². The normalized spacial score (nSPS) is 10.9. The van der Waals surface area contributed by atoms with E-state index in [1.54, 1.807) is 36.4 Å². The van der Waals surface area contributed by atoms with Crippen LogP contribution in [0, 0.1) is 0 Å². The lowest BCUT2D eigenvalue weighted by Gasteiger charge is -2.11. The van der Waals surface area contributed by atoms with Crippen molar-refractivity contribution in [2.75, 3.05) is 6.61 Å². The number of hydrogen-bond acceptors (Lipinski definition) is 3. The minimum atomic E-state index is -0.175. The molecule has 118 valence electrons. The summed E-state index contributed by atoms with van der Waals surface area (Å²) < 4.78 is 7.05. The van der Waals surface area contributed by atoms with E-state index in [0.29, 0.717) is 38.3 Å². The van der Waals surface area contributed by atoms with Crippen molar-refractivity contribution in [1.82, 2.24) is 9.55 Å². The molecule has 0 fully saturated rings. The van der Waals surface area contributed by atoms with Crippen molar-refractivity contribution in [3.8, 4) is 5.75 Å². The highest BCUT2D eigenvalue weighted by Crippen LogP contribution is 2.32. The summed E-state index contributed by atoms with van der Waals surface area (Å²) in [6, 6.07) is 10.1. The van der Waals surface area contributed by atoms with Gasteiger partial charge in [0, 0.05) is 5.02 Å². The Kier molecular flexibility index (Phi) is 4.76. The van der Waals surface area contributed by atoms with Crippen LogP contribution < -0.4 is 10.3 Å². The zero-order valence-electron chi connectivity index (χ0n) is 11.8. The van der Waals surface area contributed by atoms with Crippen LogP contribution in [-0.4, -0.2) is 16.2 Å². The molecule has 0 N–H and O–H groups in total. The van der Waals surface area contributed by atoms with Gasteiger partial charge in [-0.1, -0.05) is 40.9 Å². The largest absolute Gasteiger partial charge is 0.489 e. The molecule has 0 spiro atoms. The standard InChI is InChI=1S/C16H11Cl3N2O2/c17-10-4-5-14-11(8-10)16(22)21(9-20-14)6-7-23-15-12(18)2-1-3-13(15)19/h1-5,8-9H,6-7H2. The lowest BCUT2D eigenvalue weighted by atomic mass is 10.2. The second kappa shape index (κ2) is 6.79. The van der Waals surface area contributed by atoms with Gasteiger partial charge in [0.05, 0.1) is 33.8 Å². The zero-order chi connectivity index (χ0) is 16.4. The molecule has 0 radical (unpaired) electrons. The van der Waals surface area contributed by atoms with Crippen molar-refractivity contribution in [2.24, 2.45) is 0 Å². The molecule has 2 aromatic carbocycles. The molecule has 0 aliphatic heterocycles. The van der Waals surface area contributed by atoms with Crippen LogP contribution in [0.15, 0.2) is 47.5 Å². The Balaban J connectivity index is 1.80. The number of hydrogen-bond donors (Lipinski definition) is 0. The van der Waals surface area contributed by atoms with E-state index >= 15 is 0 Å². The van der Waals surface area contributed by atoms with Crippen molar-refractivity contribution in [3.05, 3.63) is 68.1 Å². The van der Waals surface area contributed by atoms with Crippen molar-refractivity contribution < 1.29 is 4.74 Å². The van der Waals surface area contributed by atoms with E-state index in [1.807, 2.05) is 0 Å². The molecule has 0 saturated carbocycles. The second-order valence-corrected chi connectivity index (χ2v) is 6.05. The smallest absolute Gasteiger partial charge is 0.261 e. The van der Waals surface area contributed by atoms with Gasteiger partial charge in [-0.05, 0) is 30.3 Å². The number of nitrogens with zero attached hydrogens (tertiary/aromatic N) is 2. The highest BCUT2D eigenvalue weighted by molar-refractivity contribution is 6.37. The minimum Gasteiger partial charge on any atom is -0.489 e. The summed E-state index contributed by atoms with van der Waals surface area (Å²) >= 11 is 18.0. The van der Waals surface area contributed by atoms with Gasteiger partial charge >= 0.3 is 0 Å². The van der Waals surface area contributed by atoms with Crippen LogP contribution in [0.2, 0.25) is 15.1 Å². The van der Waals surface area contributed by atoms with Crippen molar-refractivity contribution in [2.45, 2.75) is 6.54 Å². The molecule has 1 heterocycles. The van der Waals surface area contributed by atoms with Gasteiger partial charge in [0.25, 0.3) is 5.56 Å². The molecule has 0 bridgehead atoms. The number of benzene rings is 2. The van der Waals surface area contributed by atoms with E-state index in [-0.39, 0.29) is 12.2 Å². The Labute approximate surface area is 147 Å². The molecular formula is C16H11Cl3N2O2. The lowest BCUT2D eigenvalue weighted by molar-refractivity contribution is 0.296. The van der Waals surface area contributed by atoms with E-state index in [1.165, 1.54) is 10.9 Å². The average Bonchev–Trinajstić information content (AvgIpc) is 2.53. The summed E-state index contributed by atoms with van der Waals surface area (Å²) in [4.78, 5) is 16.7. The van der Waals surface area contributed by atoms with Gasteiger partial charge in [0.15, 0.2) is 5.75 Å². The highest BCUT2D eigenvalue weighted by Gasteiger charge is 2.08. The van der Waals surface area contributed by atoms with E-state index in [4.69, 9.17) is 39.5 Å². The maximum absolute atomic E-state index is 12.4. The molecule has 3 rings (SSSR count). The summed E-state index contributed by atoms with van der Waals surface area (Å²) in [5.74, 6) is 0.403. The van der Waals surface area contributed by atoms with Gasteiger partial charge in [0.1, 0.15) is 6.61 Å². The Hall–Kier alpha value is -1.75. The molecule has 7 heteroatoms. The van der Waals surface area contributed by atoms with Crippen LogP contribution in [-0.2, 0) is 6.54 Å². The van der Waals surface area contributed by atoms with Crippen molar-refractivity contribution in [3.63, 3.8) is 0 Å². The summed E-state index contributed by atoms with van der Waals surface area (Å²) in [5, 5.41) is 1.81. The Bertz CT molecular complexity index is 905. The number of aromatic nitrogens is 2. The minimum absolute atomic E-state index is 0.175. The molecule has 0 amide bonds. The van der Waals surface area contributed by atoms with Crippen LogP contribution in [0.25, 0.3) is 10.9 Å². The monoisotopic (exact) mass is 368 g/mol. The fourth-order valence-corrected chi connectivity index (χ4v) is 2.84. The van der Waals surface area contributed by atoms with Crippen LogP contribution in [0.4, 0.5) is 0 Å². The van der Waals surface area contributed by atoms with Gasteiger partial charge in [-0.25, -0.2) is 4.98 Å². The number of rotatable bonds is 4. The average molecular weight is 370 g/mol. The van der Waals surface area contributed by atoms with Gasteiger partial charge in [0.2, 0.25) is 0 Å². The topological polar surface area (TPSA) is 44.1 Å². The molecular weight excluding hydrogens is 359 g/mol. The van der Waals surface area contributed by atoms with Crippen LogP contribution >= 0.6 is 34.8 Å².